The molecule has 0 fully saturated rings. The third kappa shape index (κ3) is 2.64. The molecule has 0 aliphatic heterocycles. The van der Waals surface area contributed by atoms with E-state index in [1.807, 2.05) is 0 Å². The molecule has 0 radical (unpaired) electrons. The largest absolute Gasteiger partial charge is 0.280 e. The van der Waals surface area contributed by atoms with Gasteiger partial charge in [0.15, 0.2) is 5.03 Å². The van der Waals surface area contributed by atoms with Gasteiger partial charge < -0.3 is 0 Å². The topological polar surface area (TPSA) is 76.9 Å². The quantitative estimate of drug-likeness (QED) is 0.928. The highest BCUT2D eigenvalue weighted by Gasteiger charge is 2.18. The summed E-state index contributed by atoms with van der Waals surface area (Å²) in [5.41, 5.74) is 0. The van der Waals surface area contributed by atoms with Gasteiger partial charge in [-0.3, -0.25) is 9.40 Å². The molecule has 0 amide bonds. The van der Waals surface area contributed by atoms with Gasteiger partial charge in [0, 0.05) is 17.7 Å². The molecule has 2 heterocycles. The summed E-state index contributed by atoms with van der Waals surface area (Å²) >= 11 is 3.24. The van der Waals surface area contributed by atoms with Crippen LogP contribution in [0.25, 0.3) is 0 Å². The van der Waals surface area contributed by atoms with E-state index in [9.17, 15) is 8.42 Å². The Balaban J connectivity index is 2.33. The van der Waals surface area contributed by atoms with Crippen LogP contribution < -0.4 is 4.72 Å². The maximum atomic E-state index is 12.0. The fraction of sp³-hybridized carbons (Fsp3) is 0.111. The molecule has 0 saturated carbocycles. The SMILES string of the molecule is Cn1nccc1S(=O)(=O)Nc1cc(Br)ccn1. The summed E-state index contributed by atoms with van der Waals surface area (Å²) in [4.78, 5) is 3.91. The number of anilines is 1. The molecule has 0 spiro atoms. The molecular weight excluding hydrogens is 308 g/mol. The first kappa shape index (κ1) is 12.1. The minimum atomic E-state index is -3.65. The Morgan fingerprint density at radius 3 is 2.71 bits per heavy atom. The summed E-state index contributed by atoms with van der Waals surface area (Å²) < 4.78 is 28.3. The van der Waals surface area contributed by atoms with Crippen molar-refractivity contribution in [1.29, 1.82) is 0 Å². The molecule has 0 aromatic carbocycles. The van der Waals surface area contributed by atoms with E-state index in [0.29, 0.717) is 0 Å². The van der Waals surface area contributed by atoms with E-state index in [1.165, 1.54) is 23.1 Å². The van der Waals surface area contributed by atoms with Gasteiger partial charge in [-0.15, -0.1) is 0 Å². The average Bonchev–Trinajstić information content (AvgIpc) is 2.64. The van der Waals surface area contributed by atoms with Crippen LogP contribution in [0.15, 0.2) is 40.1 Å². The highest BCUT2D eigenvalue weighted by molar-refractivity contribution is 9.10. The Kier molecular flexibility index (Phi) is 3.16. The Hall–Kier alpha value is -1.41. The average molecular weight is 317 g/mol. The summed E-state index contributed by atoms with van der Waals surface area (Å²) in [7, 11) is -2.09. The van der Waals surface area contributed by atoms with Crippen molar-refractivity contribution in [2.24, 2.45) is 7.05 Å². The first-order valence-corrected chi connectivity index (χ1v) is 6.89. The maximum Gasteiger partial charge on any atom is 0.280 e. The van der Waals surface area contributed by atoms with Crippen molar-refractivity contribution in [2.75, 3.05) is 4.72 Å². The van der Waals surface area contributed by atoms with E-state index in [2.05, 4.69) is 30.7 Å². The maximum absolute atomic E-state index is 12.0. The van der Waals surface area contributed by atoms with E-state index < -0.39 is 10.0 Å². The third-order valence-corrected chi connectivity index (χ3v) is 3.93. The van der Waals surface area contributed by atoms with Gasteiger partial charge in [-0.1, -0.05) is 15.9 Å². The molecule has 0 aliphatic carbocycles. The number of sulfonamides is 1. The Labute approximate surface area is 107 Å². The lowest BCUT2D eigenvalue weighted by Gasteiger charge is -2.07. The van der Waals surface area contributed by atoms with Gasteiger partial charge in [0.25, 0.3) is 10.0 Å². The van der Waals surface area contributed by atoms with E-state index in [1.54, 1.807) is 19.2 Å². The van der Waals surface area contributed by atoms with Crippen molar-refractivity contribution in [2.45, 2.75) is 5.03 Å². The highest BCUT2D eigenvalue weighted by atomic mass is 79.9. The number of rotatable bonds is 3. The van der Waals surface area contributed by atoms with Crippen molar-refractivity contribution in [3.8, 4) is 0 Å². The van der Waals surface area contributed by atoms with Gasteiger partial charge in [-0.2, -0.15) is 13.5 Å². The van der Waals surface area contributed by atoms with Crippen LogP contribution in [-0.2, 0) is 17.1 Å². The molecule has 0 atom stereocenters. The van der Waals surface area contributed by atoms with Crippen molar-refractivity contribution >= 4 is 31.8 Å². The number of pyridine rings is 1. The second-order valence-corrected chi connectivity index (χ2v) is 5.80. The molecule has 8 heteroatoms. The van der Waals surface area contributed by atoms with E-state index in [4.69, 9.17) is 0 Å². The van der Waals surface area contributed by atoms with Gasteiger partial charge in [-0.05, 0) is 18.2 Å². The van der Waals surface area contributed by atoms with Gasteiger partial charge in [-0.25, -0.2) is 4.98 Å². The Morgan fingerprint density at radius 2 is 2.12 bits per heavy atom. The number of nitrogens with one attached hydrogen (secondary N) is 1. The number of halogens is 1. The molecule has 0 aliphatic rings. The van der Waals surface area contributed by atoms with E-state index >= 15 is 0 Å². The highest BCUT2D eigenvalue weighted by Crippen LogP contribution is 2.16. The van der Waals surface area contributed by atoms with Gasteiger partial charge in [0.1, 0.15) is 5.82 Å². The number of aryl methyl sites for hydroxylation is 1. The van der Waals surface area contributed by atoms with Gasteiger partial charge >= 0.3 is 0 Å². The second kappa shape index (κ2) is 4.46. The van der Waals surface area contributed by atoms with E-state index in [-0.39, 0.29) is 10.8 Å². The lowest BCUT2D eigenvalue weighted by atomic mass is 10.5. The molecule has 2 aromatic rings. The number of nitrogens with zero attached hydrogens (tertiary/aromatic N) is 3. The molecule has 0 unspecified atom stereocenters. The Bertz CT molecular complexity index is 638. The summed E-state index contributed by atoms with van der Waals surface area (Å²) in [5.74, 6) is 0.251. The minimum absolute atomic E-state index is 0.0827. The smallest absolute Gasteiger partial charge is 0.262 e. The lowest BCUT2D eigenvalue weighted by molar-refractivity contribution is 0.582. The van der Waals surface area contributed by atoms with Crippen LogP contribution in [0.1, 0.15) is 0 Å². The van der Waals surface area contributed by atoms with Crippen LogP contribution in [0.4, 0.5) is 5.82 Å². The fourth-order valence-corrected chi connectivity index (χ4v) is 2.74. The van der Waals surface area contributed by atoms with E-state index in [0.717, 1.165) is 4.47 Å². The van der Waals surface area contributed by atoms with Crippen LogP contribution in [0.3, 0.4) is 0 Å². The van der Waals surface area contributed by atoms with Crippen LogP contribution in [-0.4, -0.2) is 23.2 Å². The zero-order valence-corrected chi connectivity index (χ0v) is 11.2. The molecule has 0 bridgehead atoms. The molecule has 2 rings (SSSR count). The zero-order chi connectivity index (χ0) is 12.5. The van der Waals surface area contributed by atoms with Gasteiger partial charge in [0.05, 0.1) is 6.20 Å². The summed E-state index contributed by atoms with van der Waals surface area (Å²) in [5, 5.41) is 3.89. The number of hydrogen-bond acceptors (Lipinski definition) is 4. The molecule has 17 heavy (non-hydrogen) atoms. The molecule has 1 N–H and O–H groups in total. The molecule has 2 aromatic heterocycles. The standard InChI is InChI=1S/C9H9BrN4O2S/c1-14-9(3-5-12-14)17(15,16)13-8-6-7(10)2-4-11-8/h2-6H,1H3,(H,11,13). The van der Waals surface area contributed by atoms with Crippen LogP contribution in [0.2, 0.25) is 0 Å². The number of hydrogen-bond donors (Lipinski definition) is 1. The van der Waals surface area contributed by atoms with Crippen molar-refractivity contribution in [3.05, 3.63) is 35.1 Å². The molecule has 0 saturated heterocycles. The van der Waals surface area contributed by atoms with Crippen LogP contribution >= 0.6 is 15.9 Å². The summed E-state index contributed by atoms with van der Waals surface area (Å²) in [6.45, 7) is 0. The normalized spacial score (nSPS) is 11.4. The second-order valence-electron chi connectivity index (χ2n) is 3.26. The first-order chi connectivity index (χ1) is 7.99. The van der Waals surface area contributed by atoms with Crippen molar-refractivity contribution in [3.63, 3.8) is 0 Å². The fourth-order valence-electron chi connectivity index (χ4n) is 1.28. The van der Waals surface area contributed by atoms with Crippen molar-refractivity contribution < 1.29 is 8.42 Å². The lowest BCUT2D eigenvalue weighted by Crippen LogP contribution is -2.17. The van der Waals surface area contributed by atoms with Crippen LogP contribution in [0.5, 0.6) is 0 Å². The first-order valence-electron chi connectivity index (χ1n) is 4.61. The van der Waals surface area contributed by atoms with Crippen LogP contribution in [0, 0.1) is 0 Å². The molecular formula is C9H9BrN4O2S. The summed E-state index contributed by atoms with van der Waals surface area (Å²) in [6, 6.07) is 4.70. The third-order valence-electron chi connectivity index (χ3n) is 2.01. The summed E-state index contributed by atoms with van der Waals surface area (Å²) in [6.07, 6.45) is 2.92. The monoisotopic (exact) mass is 316 g/mol. The van der Waals surface area contributed by atoms with Gasteiger partial charge in [0.2, 0.25) is 0 Å². The zero-order valence-electron chi connectivity index (χ0n) is 8.83. The molecule has 90 valence electrons. The van der Waals surface area contributed by atoms with Crippen molar-refractivity contribution in [1.82, 2.24) is 14.8 Å². The Morgan fingerprint density at radius 1 is 1.35 bits per heavy atom. The number of aromatic nitrogens is 3. The predicted molar refractivity (Wildman–Crippen MR) is 66.0 cm³/mol. The molecule has 6 nitrogen and oxygen atoms in total. The minimum Gasteiger partial charge on any atom is -0.262 e. The predicted octanol–water partition coefficient (Wildman–Crippen LogP) is 1.38.